The van der Waals surface area contributed by atoms with Gasteiger partial charge in [0.2, 0.25) is 0 Å². The van der Waals surface area contributed by atoms with Crippen LogP contribution in [-0.2, 0) is 13.2 Å². The summed E-state index contributed by atoms with van der Waals surface area (Å²) in [6.07, 6.45) is 5.30. The molecule has 0 saturated heterocycles. The van der Waals surface area contributed by atoms with Gasteiger partial charge in [-0.15, -0.1) is 0 Å². The van der Waals surface area contributed by atoms with E-state index in [9.17, 15) is 5.11 Å². The minimum atomic E-state index is 0.0527. The second-order valence-electron chi connectivity index (χ2n) is 3.99. The van der Waals surface area contributed by atoms with Crippen LogP contribution in [0.3, 0.4) is 0 Å². The molecule has 0 aliphatic heterocycles. The molecule has 3 rings (SSSR count). The molecule has 0 atom stereocenters. The van der Waals surface area contributed by atoms with Gasteiger partial charge >= 0.3 is 0 Å². The van der Waals surface area contributed by atoms with E-state index in [1.54, 1.807) is 12.5 Å². The average molecular weight is 228 g/mol. The Balaban J connectivity index is 2.10. The number of aliphatic hydroxyl groups excluding tert-OH is 1. The Labute approximate surface area is 98.1 Å². The highest BCUT2D eigenvalue weighted by Gasteiger charge is 2.07. The lowest BCUT2D eigenvalue weighted by atomic mass is 10.2. The van der Waals surface area contributed by atoms with E-state index in [0.717, 1.165) is 22.0 Å². The fourth-order valence-electron chi connectivity index (χ4n) is 2.08. The Morgan fingerprint density at radius 1 is 1.29 bits per heavy atom. The summed E-state index contributed by atoms with van der Waals surface area (Å²) in [7, 11) is 0. The van der Waals surface area contributed by atoms with E-state index in [4.69, 9.17) is 4.52 Å². The molecular weight excluding hydrogens is 216 g/mol. The lowest BCUT2D eigenvalue weighted by Gasteiger charge is -2.01. The number of aliphatic hydroxyl groups is 1. The number of para-hydroxylation sites is 1. The number of benzene rings is 1. The smallest absolute Gasteiger partial charge is 0.128 e. The fraction of sp³-hybridized carbons (Fsp3) is 0.154. The van der Waals surface area contributed by atoms with E-state index < -0.39 is 0 Å². The molecule has 0 spiro atoms. The topological polar surface area (TPSA) is 51.2 Å². The zero-order valence-electron chi connectivity index (χ0n) is 9.21. The molecule has 4 nitrogen and oxygen atoms in total. The summed E-state index contributed by atoms with van der Waals surface area (Å²) in [5, 5.41) is 14.1. The zero-order valence-corrected chi connectivity index (χ0v) is 9.21. The van der Waals surface area contributed by atoms with Gasteiger partial charge in [0, 0.05) is 28.2 Å². The van der Waals surface area contributed by atoms with Crippen molar-refractivity contribution in [2.45, 2.75) is 13.2 Å². The molecule has 2 aromatic heterocycles. The zero-order chi connectivity index (χ0) is 11.7. The Morgan fingerprint density at radius 2 is 2.18 bits per heavy atom. The van der Waals surface area contributed by atoms with Crippen molar-refractivity contribution in [3.05, 3.63) is 54.0 Å². The minimum Gasteiger partial charge on any atom is -0.392 e. The number of rotatable bonds is 3. The van der Waals surface area contributed by atoms with Crippen molar-refractivity contribution in [2.24, 2.45) is 0 Å². The van der Waals surface area contributed by atoms with Crippen LogP contribution in [0.5, 0.6) is 0 Å². The minimum absolute atomic E-state index is 0.0527. The summed E-state index contributed by atoms with van der Waals surface area (Å²) in [4.78, 5) is 0. The van der Waals surface area contributed by atoms with Crippen LogP contribution in [0.4, 0.5) is 0 Å². The second-order valence-corrected chi connectivity index (χ2v) is 3.99. The number of hydrogen-bond acceptors (Lipinski definition) is 3. The lowest BCUT2D eigenvalue weighted by molar-refractivity contribution is 0.283. The van der Waals surface area contributed by atoms with E-state index in [1.807, 2.05) is 30.5 Å². The van der Waals surface area contributed by atoms with Gasteiger partial charge in [0.15, 0.2) is 0 Å². The summed E-state index contributed by atoms with van der Waals surface area (Å²) in [6.45, 7) is 0.751. The molecular formula is C13H12N2O2. The highest BCUT2D eigenvalue weighted by molar-refractivity contribution is 5.83. The first-order valence-electron chi connectivity index (χ1n) is 5.44. The largest absolute Gasteiger partial charge is 0.392 e. The maximum Gasteiger partial charge on any atom is 0.128 e. The van der Waals surface area contributed by atoms with Gasteiger partial charge in [-0.2, -0.15) is 0 Å². The van der Waals surface area contributed by atoms with Gasteiger partial charge in [-0.05, 0) is 6.07 Å². The van der Waals surface area contributed by atoms with Crippen LogP contribution in [-0.4, -0.2) is 14.8 Å². The Hall–Kier alpha value is -2.07. The first-order chi connectivity index (χ1) is 8.38. The Kier molecular flexibility index (Phi) is 2.42. The van der Waals surface area contributed by atoms with Crippen molar-refractivity contribution in [2.75, 3.05) is 0 Å². The van der Waals surface area contributed by atoms with Crippen LogP contribution in [0.15, 0.2) is 47.4 Å². The Morgan fingerprint density at radius 3 is 2.94 bits per heavy atom. The molecule has 0 aliphatic carbocycles. The molecule has 0 aliphatic rings. The summed E-state index contributed by atoms with van der Waals surface area (Å²) in [6, 6.07) is 8.03. The van der Waals surface area contributed by atoms with E-state index >= 15 is 0 Å². The van der Waals surface area contributed by atoms with Crippen molar-refractivity contribution >= 4 is 10.9 Å². The van der Waals surface area contributed by atoms with Gasteiger partial charge in [-0.25, -0.2) is 0 Å². The molecule has 0 saturated carbocycles. The fourth-order valence-corrected chi connectivity index (χ4v) is 2.08. The van der Waals surface area contributed by atoms with Crippen LogP contribution in [0.2, 0.25) is 0 Å². The van der Waals surface area contributed by atoms with Gasteiger partial charge in [0.05, 0.1) is 19.3 Å². The normalized spacial score (nSPS) is 11.1. The molecule has 1 N–H and O–H groups in total. The van der Waals surface area contributed by atoms with Gasteiger partial charge in [-0.1, -0.05) is 23.4 Å². The van der Waals surface area contributed by atoms with E-state index in [2.05, 4.69) is 9.72 Å². The van der Waals surface area contributed by atoms with Crippen molar-refractivity contribution in [1.82, 2.24) is 9.72 Å². The van der Waals surface area contributed by atoms with Crippen LogP contribution >= 0.6 is 0 Å². The maximum atomic E-state index is 9.33. The van der Waals surface area contributed by atoms with E-state index in [1.165, 1.54) is 0 Å². The third-order valence-electron chi connectivity index (χ3n) is 2.88. The van der Waals surface area contributed by atoms with Crippen LogP contribution in [0, 0.1) is 0 Å². The SMILES string of the molecule is OCc1cn(Cc2cnoc2)c2ccccc12. The number of hydrogen-bond donors (Lipinski definition) is 1. The molecule has 1 aromatic carbocycles. The van der Waals surface area contributed by atoms with Gasteiger partial charge in [-0.3, -0.25) is 0 Å². The number of nitrogens with zero attached hydrogens (tertiary/aromatic N) is 2. The first kappa shape index (κ1) is 10.1. The highest BCUT2D eigenvalue weighted by Crippen LogP contribution is 2.22. The third kappa shape index (κ3) is 1.72. The summed E-state index contributed by atoms with van der Waals surface area (Å²) in [5.41, 5.74) is 3.06. The average Bonchev–Trinajstić information content (AvgIpc) is 2.98. The monoisotopic (exact) mass is 228 g/mol. The molecule has 0 bridgehead atoms. The van der Waals surface area contributed by atoms with Crippen molar-refractivity contribution in [3.63, 3.8) is 0 Å². The van der Waals surface area contributed by atoms with Gasteiger partial charge < -0.3 is 14.2 Å². The van der Waals surface area contributed by atoms with E-state index in [0.29, 0.717) is 6.54 Å². The summed E-state index contributed by atoms with van der Waals surface area (Å²) in [5.74, 6) is 0. The van der Waals surface area contributed by atoms with Crippen molar-refractivity contribution in [3.8, 4) is 0 Å². The molecule has 3 aromatic rings. The van der Waals surface area contributed by atoms with Crippen molar-refractivity contribution < 1.29 is 9.63 Å². The highest BCUT2D eigenvalue weighted by atomic mass is 16.5. The Bertz CT molecular complexity index is 626. The quantitative estimate of drug-likeness (QED) is 0.747. The number of aromatic nitrogens is 2. The molecule has 86 valence electrons. The molecule has 0 radical (unpaired) electrons. The standard InChI is InChI=1S/C13H12N2O2/c16-8-11-7-15(6-10-5-14-17-9-10)13-4-2-1-3-12(11)13/h1-5,7,9,16H,6,8H2. The summed E-state index contributed by atoms with van der Waals surface area (Å²) >= 11 is 0. The lowest BCUT2D eigenvalue weighted by Crippen LogP contribution is -1.96. The van der Waals surface area contributed by atoms with E-state index in [-0.39, 0.29) is 6.61 Å². The predicted molar refractivity (Wildman–Crippen MR) is 63.5 cm³/mol. The van der Waals surface area contributed by atoms with Crippen LogP contribution < -0.4 is 0 Å². The van der Waals surface area contributed by atoms with Crippen molar-refractivity contribution in [1.29, 1.82) is 0 Å². The van der Waals surface area contributed by atoms with Crippen LogP contribution in [0.1, 0.15) is 11.1 Å². The molecule has 0 unspecified atom stereocenters. The predicted octanol–water partition coefficient (Wildman–Crippen LogP) is 2.17. The first-order valence-corrected chi connectivity index (χ1v) is 5.44. The molecule has 0 amide bonds. The molecule has 17 heavy (non-hydrogen) atoms. The molecule has 2 heterocycles. The van der Waals surface area contributed by atoms with Crippen LogP contribution in [0.25, 0.3) is 10.9 Å². The molecule has 4 heteroatoms. The summed E-state index contributed by atoms with van der Waals surface area (Å²) < 4.78 is 6.91. The van der Waals surface area contributed by atoms with Gasteiger partial charge in [0.25, 0.3) is 0 Å². The second kappa shape index (κ2) is 4.07. The number of fused-ring (bicyclic) bond motifs is 1. The molecule has 0 fully saturated rings. The maximum absolute atomic E-state index is 9.33. The third-order valence-corrected chi connectivity index (χ3v) is 2.88. The van der Waals surface area contributed by atoms with Gasteiger partial charge in [0.1, 0.15) is 6.26 Å².